The number of carbonyl (C=O) groups is 4. The second-order valence-electron chi connectivity index (χ2n) is 6.23. The van der Waals surface area contributed by atoms with Gasteiger partial charge in [-0.15, -0.1) is 0 Å². The van der Waals surface area contributed by atoms with E-state index in [0.29, 0.717) is 4.90 Å². The van der Waals surface area contributed by atoms with Crippen LogP contribution in [-0.4, -0.2) is 46.2 Å². The van der Waals surface area contributed by atoms with Crippen LogP contribution in [0.1, 0.15) is 20.7 Å². The molecule has 160 valence electrons. The van der Waals surface area contributed by atoms with Crippen molar-refractivity contribution in [2.45, 2.75) is 6.18 Å². The second-order valence-corrected chi connectivity index (χ2v) is 6.23. The van der Waals surface area contributed by atoms with Crippen molar-refractivity contribution in [3.8, 4) is 0 Å². The van der Waals surface area contributed by atoms with Gasteiger partial charge in [0, 0.05) is 12.1 Å². The van der Waals surface area contributed by atoms with Gasteiger partial charge >= 0.3 is 12.1 Å². The number of nitrogens with zero attached hydrogens (tertiary/aromatic N) is 2. The van der Waals surface area contributed by atoms with Crippen molar-refractivity contribution in [2.75, 3.05) is 17.2 Å². The van der Waals surface area contributed by atoms with Gasteiger partial charge in [0.2, 0.25) is 5.91 Å². The van der Waals surface area contributed by atoms with E-state index in [2.05, 4.69) is 5.32 Å². The zero-order valence-corrected chi connectivity index (χ0v) is 15.2. The molecule has 0 bridgehead atoms. The molecule has 0 aromatic heterocycles. The lowest BCUT2D eigenvalue weighted by Gasteiger charge is -2.16. The van der Waals surface area contributed by atoms with Gasteiger partial charge in [0.15, 0.2) is 0 Å². The summed E-state index contributed by atoms with van der Waals surface area (Å²) in [5, 5.41) is 14.7. The van der Waals surface area contributed by atoms with Crippen LogP contribution in [0, 0.1) is 10.1 Å². The van der Waals surface area contributed by atoms with Crippen LogP contribution in [0.5, 0.6) is 0 Å². The molecule has 1 aliphatic heterocycles. The van der Waals surface area contributed by atoms with Gasteiger partial charge < -0.3 is 10.6 Å². The minimum atomic E-state index is -5.15. The quantitative estimate of drug-likeness (QED) is 0.419. The molecule has 0 atom stereocenters. The number of benzene rings is 2. The number of nitrogens with one attached hydrogen (secondary N) is 2. The Balaban J connectivity index is 1.75. The van der Waals surface area contributed by atoms with E-state index in [9.17, 15) is 42.5 Å². The van der Waals surface area contributed by atoms with Crippen LogP contribution >= 0.6 is 0 Å². The first-order chi connectivity index (χ1) is 14.5. The minimum Gasteiger partial charge on any atom is -0.323 e. The normalized spacial score (nSPS) is 13.1. The summed E-state index contributed by atoms with van der Waals surface area (Å²) in [7, 11) is 0. The highest BCUT2D eigenvalue weighted by atomic mass is 19.4. The Morgan fingerprint density at radius 3 is 2.13 bits per heavy atom. The molecule has 31 heavy (non-hydrogen) atoms. The van der Waals surface area contributed by atoms with Crippen molar-refractivity contribution in [1.29, 1.82) is 0 Å². The predicted octanol–water partition coefficient (Wildman–Crippen LogP) is 2.33. The van der Waals surface area contributed by atoms with Crippen molar-refractivity contribution in [1.82, 2.24) is 4.90 Å². The molecule has 0 saturated carbocycles. The van der Waals surface area contributed by atoms with Gasteiger partial charge in [0.1, 0.15) is 6.54 Å². The molecule has 4 amide bonds. The average Bonchev–Trinajstić information content (AvgIpc) is 2.93. The third-order valence-corrected chi connectivity index (χ3v) is 4.17. The Labute approximate surface area is 170 Å². The van der Waals surface area contributed by atoms with E-state index < -0.39 is 47.0 Å². The number of amides is 4. The summed E-state index contributed by atoms with van der Waals surface area (Å²) in [6.07, 6.45) is -5.15. The van der Waals surface area contributed by atoms with Crippen molar-refractivity contribution in [3.63, 3.8) is 0 Å². The fourth-order valence-electron chi connectivity index (χ4n) is 2.76. The van der Waals surface area contributed by atoms with Crippen LogP contribution in [0.4, 0.5) is 30.2 Å². The molecule has 1 aliphatic rings. The number of anilines is 2. The highest BCUT2D eigenvalue weighted by molar-refractivity contribution is 6.23. The maximum absolute atomic E-state index is 12.5. The molecule has 3 rings (SSSR count). The number of nitro groups is 1. The summed E-state index contributed by atoms with van der Waals surface area (Å²) in [6.45, 7) is -0.804. The van der Waals surface area contributed by atoms with Gasteiger partial charge in [0.25, 0.3) is 17.5 Å². The van der Waals surface area contributed by atoms with E-state index in [4.69, 9.17) is 0 Å². The molecule has 10 nitrogen and oxygen atoms in total. The molecule has 1 heterocycles. The molecule has 0 fully saturated rings. The Morgan fingerprint density at radius 2 is 1.55 bits per heavy atom. The Bertz CT molecular complexity index is 1130. The minimum absolute atomic E-state index is 0.124. The summed E-state index contributed by atoms with van der Waals surface area (Å²) in [5.74, 6) is -4.99. The molecule has 0 unspecified atom stereocenters. The molecular formula is C18H11F3N4O6. The highest BCUT2D eigenvalue weighted by Gasteiger charge is 2.39. The number of hydrogen-bond acceptors (Lipinski definition) is 6. The fraction of sp³-hybridized carbons (Fsp3) is 0.111. The molecule has 0 aliphatic carbocycles. The lowest BCUT2D eigenvalue weighted by atomic mass is 10.1. The highest BCUT2D eigenvalue weighted by Crippen LogP contribution is 2.28. The SMILES string of the molecule is O=C(CN1C(=O)c2ccc([N+](=O)[O-])cc2C1=O)Nc1ccccc1NC(=O)C(F)(F)F. The lowest BCUT2D eigenvalue weighted by molar-refractivity contribution is -0.384. The zero-order valence-electron chi connectivity index (χ0n) is 15.2. The number of nitro benzene ring substituents is 1. The van der Waals surface area contributed by atoms with E-state index in [1.54, 1.807) is 5.32 Å². The van der Waals surface area contributed by atoms with Gasteiger partial charge in [-0.25, -0.2) is 0 Å². The third-order valence-electron chi connectivity index (χ3n) is 4.17. The van der Waals surface area contributed by atoms with Crippen molar-refractivity contribution in [3.05, 3.63) is 63.7 Å². The number of fused-ring (bicyclic) bond motifs is 1. The summed E-state index contributed by atoms with van der Waals surface area (Å²) >= 11 is 0. The van der Waals surface area contributed by atoms with Gasteiger partial charge in [-0.3, -0.25) is 34.2 Å². The van der Waals surface area contributed by atoms with Crippen molar-refractivity contribution >= 4 is 40.7 Å². The van der Waals surface area contributed by atoms with Crippen molar-refractivity contribution in [2.24, 2.45) is 0 Å². The smallest absolute Gasteiger partial charge is 0.323 e. The molecule has 2 aromatic carbocycles. The maximum Gasteiger partial charge on any atom is 0.471 e. The van der Waals surface area contributed by atoms with E-state index in [0.717, 1.165) is 24.3 Å². The number of imide groups is 1. The van der Waals surface area contributed by atoms with E-state index >= 15 is 0 Å². The van der Waals surface area contributed by atoms with Crippen LogP contribution < -0.4 is 10.6 Å². The van der Waals surface area contributed by atoms with Crippen LogP contribution in [0.3, 0.4) is 0 Å². The number of halogens is 3. The van der Waals surface area contributed by atoms with Crippen LogP contribution in [0.25, 0.3) is 0 Å². The standard InChI is InChI=1S/C18H11F3N4O6/c19-18(20,21)17(29)23-13-4-2-1-3-12(13)22-14(26)8-24-15(27)10-6-5-9(25(30)31)7-11(10)16(24)28/h1-7H,8H2,(H,22,26)(H,23,29). The lowest BCUT2D eigenvalue weighted by Crippen LogP contribution is -2.37. The van der Waals surface area contributed by atoms with Gasteiger partial charge in [-0.1, -0.05) is 12.1 Å². The third kappa shape index (κ3) is 4.34. The topological polar surface area (TPSA) is 139 Å². The van der Waals surface area contributed by atoms with Crippen LogP contribution in [0.15, 0.2) is 42.5 Å². The molecule has 0 spiro atoms. The number of hydrogen-bond donors (Lipinski definition) is 2. The molecule has 0 radical (unpaired) electrons. The largest absolute Gasteiger partial charge is 0.471 e. The first-order valence-electron chi connectivity index (χ1n) is 8.40. The Kier molecular flexibility index (Phi) is 5.43. The molecule has 2 N–H and O–H groups in total. The predicted molar refractivity (Wildman–Crippen MR) is 98.2 cm³/mol. The Hall–Kier alpha value is -4.29. The van der Waals surface area contributed by atoms with E-state index in [1.165, 1.54) is 18.2 Å². The van der Waals surface area contributed by atoms with Crippen LogP contribution in [0.2, 0.25) is 0 Å². The van der Waals surface area contributed by atoms with Gasteiger partial charge in [-0.2, -0.15) is 13.2 Å². The van der Waals surface area contributed by atoms with Gasteiger partial charge in [0.05, 0.1) is 27.4 Å². The Morgan fingerprint density at radius 1 is 0.968 bits per heavy atom. The molecule has 0 saturated heterocycles. The first kappa shape index (κ1) is 21.4. The van der Waals surface area contributed by atoms with E-state index in [-0.39, 0.29) is 22.5 Å². The maximum atomic E-state index is 12.5. The zero-order chi connectivity index (χ0) is 22.9. The number of rotatable bonds is 5. The monoisotopic (exact) mass is 436 g/mol. The summed E-state index contributed by atoms with van der Waals surface area (Å²) in [6, 6.07) is 8.05. The summed E-state index contributed by atoms with van der Waals surface area (Å²) < 4.78 is 37.4. The molecular weight excluding hydrogens is 425 g/mol. The van der Waals surface area contributed by atoms with E-state index in [1.807, 2.05) is 0 Å². The molecule has 13 heteroatoms. The van der Waals surface area contributed by atoms with Gasteiger partial charge in [-0.05, 0) is 18.2 Å². The average molecular weight is 436 g/mol. The molecule has 2 aromatic rings. The summed E-state index contributed by atoms with van der Waals surface area (Å²) in [5.41, 5.74) is -1.33. The number of para-hydroxylation sites is 2. The fourth-order valence-corrected chi connectivity index (χ4v) is 2.76. The number of carbonyl (C=O) groups excluding carboxylic acids is 4. The number of non-ortho nitro benzene ring substituents is 1. The van der Waals surface area contributed by atoms with Crippen molar-refractivity contribution < 1.29 is 37.3 Å². The first-order valence-corrected chi connectivity index (χ1v) is 8.40. The van der Waals surface area contributed by atoms with Crippen LogP contribution in [-0.2, 0) is 9.59 Å². The summed E-state index contributed by atoms with van der Waals surface area (Å²) in [4.78, 5) is 58.9. The second kappa shape index (κ2) is 7.85. The number of alkyl halides is 3.